The van der Waals surface area contributed by atoms with Crippen LogP contribution < -0.4 is 10.1 Å². The molecule has 0 saturated carbocycles. The largest absolute Gasteiger partial charge is 0.497 e. The van der Waals surface area contributed by atoms with Crippen molar-refractivity contribution in [3.8, 4) is 22.7 Å². The molecule has 4 rings (SSSR count). The minimum Gasteiger partial charge on any atom is -0.497 e. The quantitative estimate of drug-likeness (QED) is 0.423. The van der Waals surface area contributed by atoms with Crippen LogP contribution in [0, 0.1) is 4.77 Å². The van der Waals surface area contributed by atoms with E-state index in [-0.39, 0.29) is 0 Å². The van der Waals surface area contributed by atoms with Gasteiger partial charge in [0.2, 0.25) is 10.7 Å². The maximum Gasteiger partial charge on any atom is 0.234 e. The Morgan fingerprint density at radius 1 is 1.15 bits per heavy atom. The molecular weight excluding hydrogens is 402 g/mol. The molecule has 2 N–H and O–H groups in total. The second-order valence-corrected chi connectivity index (χ2v) is 7.24. The van der Waals surface area contributed by atoms with Crippen molar-refractivity contribution in [1.29, 1.82) is 0 Å². The van der Waals surface area contributed by atoms with Crippen LogP contribution in [0.4, 0.5) is 11.1 Å². The van der Waals surface area contributed by atoms with Gasteiger partial charge in [0.1, 0.15) is 5.75 Å². The number of methoxy groups -OCH3 is 1. The molecule has 0 atom stereocenters. The monoisotopic (exact) mass is 415 g/mol. The van der Waals surface area contributed by atoms with Crippen molar-refractivity contribution in [3.05, 3.63) is 63.7 Å². The lowest BCUT2D eigenvalue weighted by Gasteiger charge is -2.08. The number of anilines is 2. The van der Waals surface area contributed by atoms with Crippen LogP contribution in [0.3, 0.4) is 0 Å². The Morgan fingerprint density at radius 3 is 2.59 bits per heavy atom. The molecule has 0 fully saturated rings. The van der Waals surface area contributed by atoms with Gasteiger partial charge in [-0.2, -0.15) is 0 Å². The van der Waals surface area contributed by atoms with Crippen LogP contribution in [0.2, 0.25) is 5.02 Å². The van der Waals surface area contributed by atoms with Crippen LogP contribution >= 0.6 is 35.2 Å². The van der Waals surface area contributed by atoms with Crippen LogP contribution in [-0.2, 0) is 0 Å². The average Bonchev–Trinajstić information content (AvgIpc) is 3.30. The number of H-pyrrole nitrogens is 1. The van der Waals surface area contributed by atoms with Gasteiger partial charge in [0.25, 0.3) is 0 Å². The maximum atomic E-state index is 5.95. The highest BCUT2D eigenvalue weighted by Crippen LogP contribution is 2.28. The number of aromatic amines is 1. The lowest BCUT2D eigenvalue weighted by atomic mass is 10.2. The number of hydrogen-bond acceptors (Lipinski definition) is 6. The third-order valence-electron chi connectivity index (χ3n) is 3.87. The Kier molecular flexibility index (Phi) is 4.93. The Morgan fingerprint density at radius 2 is 1.89 bits per heavy atom. The SMILES string of the molecule is COc1ccc(-n2c(Nc3nc(-c4ccc(Cl)cc4)cs3)n[nH]c2=S)cc1. The molecule has 4 aromatic rings. The zero-order chi connectivity index (χ0) is 18.8. The Balaban J connectivity index is 1.62. The zero-order valence-corrected chi connectivity index (χ0v) is 16.5. The Hall–Kier alpha value is -2.68. The van der Waals surface area contributed by atoms with Crippen LogP contribution in [0.25, 0.3) is 16.9 Å². The molecule has 2 heterocycles. The van der Waals surface area contributed by atoms with Crippen molar-refractivity contribution < 1.29 is 4.74 Å². The molecule has 2 aromatic heterocycles. The molecule has 9 heteroatoms. The first kappa shape index (κ1) is 17.7. The standard InChI is InChI=1S/C18H14ClN5OS2/c1-25-14-8-6-13(7-9-14)24-16(22-23-18(24)26)21-17-20-15(10-27-17)11-2-4-12(19)5-3-11/h2-10H,1H3,(H,23,26)(H,20,21,22). The molecule has 0 aliphatic rings. The smallest absolute Gasteiger partial charge is 0.234 e. The van der Waals surface area contributed by atoms with Gasteiger partial charge in [-0.15, -0.1) is 16.4 Å². The average molecular weight is 416 g/mol. The number of nitrogens with zero attached hydrogens (tertiary/aromatic N) is 3. The molecule has 27 heavy (non-hydrogen) atoms. The minimum absolute atomic E-state index is 0.483. The van der Waals surface area contributed by atoms with Crippen molar-refractivity contribution in [3.63, 3.8) is 0 Å². The van der Waals surface area contributed by atoms with E-state index in [2.05, 4.69) is 20.5 Å². The first-order valence-electron chi connectivity index (χ1n) is 7.94. The predicted octanol–water partition coefficient (Wildman–Crippen LogP) is 5.46. The van der Waals surface area contributed by atoms with E-state index in [0.29, 0.717) is 20.9 Å². The first-order chi connectivity index (χ1) is 13.1. The molecule has 0 aliphatic carbocycles. The van der Waals surface area contributed by atoms with E-state index >= 15 is 0 Å². The van der Waals surface area contributed by atoms with Gasteiger partial charge >= 0.3 is 0 Å². The van der Waals surface area contributed by atoms with Crippen LogP contribution in [0.15, 0.2) is 53.9 Å². The van der Waals surface area contributed by atoms with Gasteiger partial charge in [0, 0.05) is 16.0 Å². The van der Waals surface area contributed by atoms with Gasteiger partial charge in [0.15, 0.2) is 5.13 Å². The van der Waals surface area contributed by atoms with E-state index in [0.717, 1.165) is 22.7 Å². The molecule has 136 valence electrons. The summed E-state index contributed by atoms with van der Waals surface area (Å²) in [5, 5.41) is 13.7. The maximum absolute atomic E-state index is 5.95. The number of benzene rings is 2. The number of rotatable bonds is 5. The van der Waals surface area contributed by atoms with Gasteiger partial charge < -0.3 is 4.74 Å². The van der Waals surface area contributed by atoms with Crippen molar-refractivity contribution >= 4 is 46.2 Å². The van der Waals surface area contributed by atoms with E-state index < -0.39 is 0 Å². The normalized spacial score (nSPS) is 10.7. The second kappa shape index (κ2) is 7.51. The minimum atomic E-state index is 0.483. The summed E-state index contributed by atoms with van der Waals surface area (Å²) in [4.78, 5) is 4.62. The fourth-order valence-corrected chi connectivity index (χ4v) is 3.61. The summed E-state index contributed by atoms with van der Waals surface area (Å²) in [5.74, 6) is 1.33. The molecule has 0 bridgehead atoms. The van der Waals surface area contributed by atoms with Crippen LogP contribution in [0.1, 0.15) is 0 Å². The van der Waals surface area contributed by atoms with E-state index in [1.54, 1.807) is 11.7 Å². The van der Waals surface area contributed by atoms with Crippen LogP contribution in [0.5, 0.6) is 5.75 Å². The molecule has 0 radical (unpaired) electrons. The molecule has 6 nitrogen and oxygen atoms in total. The number of ether oxygens (including phenoxy) is 1. The summed E-state index contributed by atoms with van der Waals surface area (Å²) in [6, 6.07) is 15.1. The van der Waals surface area contributed by atoms with Gasteiger partial charge in [-0.05, 0) is 48.6 Å². The fraction of sp³-hybridized carbons (Fsp3) is 0.0556. The molecule has 0 unspecified atom stereocenters. The number of thiazole rings is 1. The molecule has 0 aliphatic heterocycles. The molecule has 0 saturated heterocycles. The summed E-state index contributed by atoms with van der Waals surface area (Å²) in [6.07, 6.45) is 0. The first-order valence-corrected chi connectivity index (χ1v) is 9.61. The van der Waals surface area contributed by atoms with E-state index in [4.69, 9.17) is 28.6 Å². The second-order valence-electron chi connectivity index (χ2n) is 5.56. The van der Waals surface area contributed by atoms with Gasteiger partial charge in [-0.3, -0.25) is 9.88 Å². The number of nitrogens with one attached hydrogen (secondary N) is 2. The van der Waals surface area contributed by atoms with Crippen molar-refractivity contribution in [2.24, 2.45) is 0 Å². The van der Waals surface area contributed by atoms with Crippen molar-refractivity contribution in [2.75, 3.05) is 12.4 Å². The lowest BCUT2D eigenvalue weighted by molar-refractivity contribution is 0.414. The topological polar surface area (TPSA) is 67.8 Å². The predicted molar refractivity (Wildman–Crippen MR) is 111 cm³/mol. The van der Waals surface area contributed by atoms with Gasteiger partial charge in [-0.25, -0.2) is 10.1 Å². The summed E-state index contributed by atoms with van der Waals surface area (Å²) in [5.41, 5.74) is 2.73. The summed E-state index contributed by atoms with van der Waals surface area (Å²) >= 11 is 12.8. The molecule has 0 amide bonds. The summed E-state index contributed by atoms with van der Waals surface area (Å²) < 4.78 is 7.49. The molecular formula is C18H14ClN5OS2. The molecule has 2 aromatic carbocycles. The van der Waals surface area contributed by atoms with E-state index in [1.165, 1.54) is 11.3 Å². The van der Waals surface area contributed by atoms with E-state index in [9.17, 15) is 0 Å². The summed E-state index contributed by atoms with van der Waals surface area (Å²) in [7, 11) is 1.63. The van der Waals surface area contributed by atoms with E-state index in [1.807, 2.05) is 53.9 Å². The highest BCUT2D eigenvalue weighted by Gasteiger charge is 2.11. The third-order valence-corrected chi connectivity index (χ3v) is 5.15. The Bertz CT molecular complexity index is 1120. The van der Waals surface area contributed by atoms with Gasteiger partial charge in [0.05, 0.1) is 18.5 Å². The fourth-order valence-electron chi connectivity index (χ4n) is 2.53. The molecule has 0 spiro atoms. The lowest BCUT2D eigenvalue weighted by Crippen LogP contribution is -2.02. The highest BCUT2D eigenvalue weighted by molar-refractivity contribution is 7.71. The van der Waals surface area contributed by atoms with Gasteiger partial charge in [-0.1, -0.05) is 23.7 Å². The van der Waals surface area contributed by atoms with Crippen LogP contribution in [-0.4, -0.2) is 26.9 Å². The number of aromatic nitrogens is 4. The van der Waals surface area contributed by atoms with Crippen molar-refractivity contribution in [2.45, 2.75) is 0 Å². The summed E-state index contributed by atoms with van der Waals surface area (Å²) in [6.45, 7) is 0. The Labute approximate surface area is 169 Å². The van der Waals surface area contributed by atoms with Crippen molar-refractivity contribution in [1.82, 2.24) is 19.7 Å². The zero-order valence-electron chi connectivity index (χ0n) is 14.1. The number of hydrogen-bond donors (Lipinski definition) is 2. The highest BCUT2D eigenvalue weighted by atomic mass is 35.5. The number of halogens is 1. The third kappa shape index (κ3) is 3.73.